The first kappa shape index (κ1) is 16.1. The number of nitrogens with zero attached hydrogens (tertiary/aromatic N) is 1. The van der Waals surface area contributed by atoms with Crippen LogP contribution in [0.25, 0.3) is 0 Å². The zero-order valence-corrected chi connectivity index (χ0v) is 15.6. The van der Waals surface area contributed by atoms with Crippen molar-refractivity contribution in [3.05, 3.63) is 0 Å². The van der Waals surface area contributed by atoms with Crippen LogP contribution >= 0.6 is 91.0 Å². The molecule has 0 aromatic carbocycles. The summed E-state index contributed by atoms with van der Waals surface area (Å²) >= 11 is 6.81. The Hall–Kier alpha value is 3.12. The largest absolute Gasteiger partial charge is 0.254 e. The summed E-state index contributed by atoms with van der Waals surface area (Å²) in [6, 6.07) is 0. The summed E-state index contributed by atoms with van der Waals surface area (Å²) in [6.07, 6.45) is 0. The zero-order valence-electron chi connectivity index (χ0n) is 6.63. The van der Waals surface area contributed by atoms with Crippen molar-refractivity contribution in [1.82, 2.24) is 13.7 Å². The van der Waals surface area contributed by atoms with Crippen LogP contribution in [-0.2, 0) is 0 Å². The van der Waals surface area contributed by atoms with E-state index in [2.05, 4.69) is 77.4 Å². The second-order valence-electron chi connectivity index (χ2n) is 1.94. The van der Waals surface area contributed by atoms with Gasteiger partial charge in [-0.05, 0) is 27.4 Å². The van der Waals surface area contributed by atoms with Crippen molar-refractivity contribution in [3.8, 4) is 0 Å². The van der Waals surface area contributed by atoms with Crippen LogP contribution in [0.3, 0.4) is 0 Å². The normalized spacial score (nSPS) is 11.1. The molecule has 0 atom stereocenters. The summed E-state index contributed by atoms with van der Waals surface area (Å²) < 4.78 is 8.78. The van der Waals surface area contributed by atoms with Crippen LogP contribution in [0.5, 0.6) is 0 Å². The monoisotopic (exact) mass is 577 g/mol. The molecular formula is C4H10I3N3S3. The molecular weight excluding hydrogens is 567 g/mol. The van der Waals surface area contributed by atoms with E-state index in [1.54, 1.807) is 27.4 Å². The lowest BCUT2D eigenvalue weighted by molar-refractivity contribution is 0.486. The highest BCUT2D eigenvalue weighted by Crippen LogP contribution is 2.17. The molecule has 0 radical (unpaired) electrons. The Morgan fingerprint density at radius 1 is 0.923 bits per heavy atom. The van der Waals surface area contributed by atoms with Crippen molar-refractivity contribution in [3.63, 3.8) is 0 Å². The molecule has 0 fully saturated rings. The van der Waals surface area contributed by atoms with Gasteiger partial charge in [0.05, 0.1) is 0 Å². The molecule has 2 N–H and O–H groups in total. The van der Waals surface area contributed by atoms with Crippen LogP contribution in [0.1, 0.15) is 0 Å². The predicted molar refractivity (Wildman–Crippen MR) is 92.4 cm³/mol. The van der Waals surface area contributed by atoms with Crippen molar-refractivity contribution >= 4 is 91.0 Å². The second kappa shape index (κ2) is 13.2. The Morgan fingerprint density at radius 3 is 1.69 bits per heavy atom. The molecule has 0 aliphatic heterocycles. The lowest BCUT2D eigenvalue weighted by atomic mass is 10.6. The molecule has 0 aromatic heterocycles. The quantitative estimate of drug-likeness (QED) is 0.248. The Bertz CT molecular complexity index is 102. The smallest absolute Gasteiger partial charge is 0.0232 e. The van der Waals surface area contributed by atoms with Crippen molar-refractivity contribution in [2.45, 2.75) is 0 Å². The third-order valence-electron chi connectivity index (χ3n) is 1.13. The maximum absolute atomic E-state index is 3.22. The van der Waals surface area contributed by atoms with Crippen molar-refractivity contribution < 1.29 is 0 Å². The average molecular weight is 577 g/mol. The summed E-state index contributed by atoms with van der Waals surface area (Å²) in [5.41, 5.74) is 0. The Balaban J connectivity index is 3.28. The minimum absolute atomic E-state index is 1.03. The third kappa shape index (κ3) is 11.4. The van der Waals surface area contributed by atoms with E-state index in [4.69, 9.17) is 0 Å². The molecule has 80 valence electrons. The van der Waals surface area contributed by atoms with Gasteiger partial charge in [-0.15, -0.1) is 0 Å². The first-order valence-corrected chi connectivity index (χ1v) is 13.4. The third-order valence-corrected chi connectivity index (χ3v) is 5.86. The Morgan fingerprint density at radius 2 is 1.38 bits per heavy atom. The number of halogens is 3. The minimum atomic E-state index is 1.03. The van der Waals surface area contributed by atoms with Crippen LogP contribution in [0.15, 0.2) is 0 Å². The molecule has 0 saturated carbocycles. The fraction of sp³-hybridized carbons (Fsp3) is 1.00. The molecule has 0 spiro atoms. The van der Waals surface area contributed by atoms with Crippen molar-refractivity contribution in [1.29, 1.82) is 0 Å². The maximum atomic E-state index is 3.22. The van der Waals surface area contributed by atoms with Gasteiger partial charge >= 0.3 is 0 Å². The molecule has 0 unspecified atom stereocenters. The molecule has 0 aromatic rings. The van der Waals surface area contributed by atoms with Crippen LogP contribution in [-0.4, -0.2) is 30.5 Å². The number of hydrogen-bond acceptors (Lipinski definition) is 6. The molecule has 0 amide bonds. The minimum Gasteiger partial charge on any atom is -0.254 e. The van der Waals surface area contributed by atoms with E-state index >= 15 is 0 Å². The molecule has 13 heavy (non-hydrogen) atoms. The van der Waals surface area contributed by atoms with Crippen LogP contribution in [0.2, 0.25) is 0 Å². The van der Waals surface area contributed by atoms with E-state index in [0.717, 1.165) is 26.2 Å². The molecule has 0 saturated heterocycles. The van der Waals surface area contributed by atoms with Crippen LogP contribution in [0, 0.1) is 0 Å². The van der Waals surface area contributed by atoms with Gasteiger partial charge < -0.3 is 0 Å². The standard InChI is InChI=1S/C4H10I3N3S3/c5-11-8-1-3-10(13-7)4-2-9-12-6/h8-9H,1-4H2. The molecule has 0 heterocycles. The second-order valence-corrected chi connectivity index (χ2v) is 7.31. The number of nitrogens with one attached hydrogen (secondary N) is 2. The van der Waals surface area contributed by atoms with E-state index in [9.17, 15) is 0 Å². The predicted octanol–water partition coefficient (Wildman–Crippen LogP) is 3.46. The highest BCUT2D eigenvalue weighted by atomic mass is 127. The SMILES string of the molecule is ISNCCN(CCNSI)SI. The van der Waals surface area contributed by atoms with E-state index < -0.39 is 0 Å². The van der Waals surface area contributed by atoms with E-state index in [0.29, 0.717) is 0 Å². The van der Waals surface area contributed by atoms with Gasteiger partial charge in [-0.3, -0.25) is 9.44 Å². The van der Waals surface area contributed by atoms with E-state index in [-0.39, 0.29) is 0 Å². The molecule has 0 aliphatic rings. The summed E-state index contributed by atoms with van der Waals surface area (Å²) in [5.74, 6) is 0. The van der Waals surface area contributed by atoms with Gasteiger partial charge in [0.1, 0.15) is 0 Å². The number of rotatable bonds is 9. The van der Waals surface area contributed by atoms with Crippen molar-refractivity contribution in [2.24, 2.45) is 0 Å². The molecule has 0 bridgehead atoms. The lowest BCUT2D eigenvalue weighted by Crippen LogP contribution is -2.28. The van der Waals surface area contributed by atoms with Gasteiger partial charge in [0.15, 0.2) is 0 Å². The highest BCUT2D eigenvalue weighted by molar-refractivity contribution is 14.2. The van der Waals surface area contributed by atoms with Gasteiger partial charge in [0, 0.05) is 89.8 Å². The fourth-order valence-electron chi connectivity index (χ4n) is 0.599. The van der Waals surface area contributed by atoms with Crippen LogP contribution in [0.4, 0.5) is 0 Å². The fourth-order valence-corrected chi connectivity index (χ4v) is 3.76. The van der Waals surface area contributed by atoms with Crippen molar-refractivity contribution in [2.75, 3.05) is 26.2 Å². The summed E-state index contributed by atoms with van der Waals surface area (Å²) in [7, 11) is 5.06. The molecule has 3 nitrogen and oxygen atoms in total. The van der Waals surface area contributed by atoms with Gasteiger partial charge in [-0.1, -0.05) is 0 Å². The molecule has 9 heteroatoms. The lowest BCUT2D eigenvalue weighted by Gasteiger charge is -2.17. The summed E-state index contributed by atoms with van der Waals surface area (Å²) in [4.78, 5) is 0. The highest BCUT2D eigenvalue weighted by Gasteiger charge is 2.02. The van der Waals surface area contributed by atoms with E-state index in [1.807, 2.05) is 0 Å². The Labute approximate surface area is 129 Å². The average Bonchev–Trinajstić information content (AvgIpc) is 2.16. The topological polar surface area (TPSA) is 27.3 Å². The first-order valence-electron chi connectivity index (χ1n) is 3.39. The van der Waals surface area contributed by atoms with Gasteiger partial charge in [-0.2, -0.15) is 0 Å². The first-order chi connectivity index (χ1) is 6.35. The summed E-state index contributed by atoms with van der Waals surface area (Å²) in [6.45, 7) is 4.22. The molecule has 0 aliphatic carbocycles. The van der Waals surface area contributed by atoms with Crippen LogP contribution < -0.4 is 9.44 Å². The number of hydrogen-bond donors (Lipinski definition) is 2. The summed E-state index contributed by atoms with van der Waals surface area (Å²) in [5, 5.41) is 0. The van der Waals surface area contributed by atoms with E-state index in [1.165, 1.54) is 0 Å². The Kier molecular flexibility index (Phi) is 16.4. The molecule has 0 rings (SSSR count). The zero-order chi connectivity index (χ0) is 9.94. The van der Waals surface area contributed by atoms with Gasteiger partial charge in [0.25, 0.3) is 0 Å². The maximum Gasteiger partial charge on any atom is 0.0232 e. The van der Waals surface area contributed by atoms with Gasteiger partial charge in [-0.25, -0.2) is 4.31 Å². The van der Waals surface area contributed by atoms with Gasteiger partial charge in [0.2, 0.25) is 0 Å².